The molecule has 1 N–H and O–H groups in total. The number of aliphatic carboxylic acids is 1. The summed E-state index contributed by atoms with van der Waals surface area (Å²) in [6.07, 6.45) is 6.54. The first kappa shape index (κ1) is 14.8. The predicted molar refractivity (Wildman–Crippen MR) is 73.5 cm³/mol. The van der Waals surface area contributed by atoms with Crippen molar-refractivity contribution >= 4 is 11.9 Å². The van der Waals surface area contributed by atoms with Crippen LogP contribution in [0.5, 0.6) is 0 Å². The summed E-state index contributed by atoms with van der Waals surface area (Å²) in [6, 6.07) is 0. The van der Waals surface area contributed by atoms with Crippen molar-refractivity contribution in [3.63, 3.8) is 0 Å². The zero-order valence-corrected chi connectivity index (χ0v) is 11.9. The van der Waals surface area contributed by atoms with E-state index in [0.29, 0.717) is 12.1 Å². The minimum Gasteiger partial charge on any atom is -0.481 e. The Hall–Kier alpha value is -2.64. The lowest BCUT2D eigenvalue weighted by molar-refractivity contribution is -0.137. The average molecular weight is 291 g/mol. The molecule has 2 rings (SSSR count). The molecule has 0 aliphatic heterocycles. The molecule has 0 radical (unpaired) electrons. The number of aryl methyl sites for hydroxylation is 2. The highest BCUT2D eigenvalue weighted by Gasteiger charge is 2.15. The van der Waals surface area contributed by atoms with Crippen LogP contribution in [0.1, 0.15) is 22.3 Å². The van der Waals surface area contributed by atoms with Crippen molar-refractivity contribution in [3.05, 3.63) is 35.9 Å². The van der Waals surface area contributed by atoms with Gasteiger partial charge in [-0.3, -0.25) is 19.0 Å². The summed E-state index contributed by atoms with van der Waals surface area (Å²) in [5, 5.41) is 16.7. The van der Waals surface area contributed by atoms with Gasteiger partial charge in [-0.2, -0.15) is 10.2 Å². The second kappa shape index (κ2) is 6.21. The normalized spacial score (nSPS) is 10.6. The van der Waals surface area contributed by atoms with Crippen molar-refractivity contribution in [3.8, 4) is 0 Å². The molecule has 8 heteroatoms. The smallest absolute Gasteiger partial charge is 0.305 e. The molecule has 112 valence electrons. The van der Waals surface area contributed by atoms with Crippen LogP contribution >= 0.6 is 0 Å². The predicted octanol–water partition coefficient (Wildman–Crippen LogP) is 0.363. The molecule has 8 nitrogen and oxygen atoms in total. The number of carbonyl (C=O) groups excluding carboxylic acids is 1. The van der Waals surface area contributed by atoms with Crippen molar-refractivity contribution < 1.29 is 14.7 Å². The summed E-state index contributed by atoms with van der Waals surface area (Å²) < 4.78 is 3.14. The van der Waals surface area contributed by atoms with Crippen LogP contribution in [-0.4, -0.2) is 48.5 Å². The second-order valence-electron chi connectivity index (χ2n) is 4.82. The lowest BCUT2D eigenvalue weighted by atomic mass is 10.3. The van der Waals surface area contributed by atoms with E-state index in [1.54, 1.807) is 29.0 Å². The van der Waals surface area contributed by atoms with E-state index in [4.69, 9.17) is 5.11 Å². The summed E-state index contributed by atoms with van der Waals surface area (Å²) in [7, 11) is 3.52. The largest absolute Gasteiger partial charge is 0.481 e. The van der Waals surface area contributed by atoms with E-state index < -0.39 is 5.97 Å². The number of carbonyl (C=O) groups is 2. The molecule has 0 aliphatic rings. The Bertz CT molecular complexity index is 646. The molecule has 0 saturated carbocycles. The number of amides is 1. The molecule has 0 unspecified atom stereocenters. The lowest BCUT2D eigenvalue weighted by Gasteiger charge is -2.14. The SMILES string of the molecule is CN(Cc1cnn(C)c1)C(=O)c1cnn(CCC(=O)O)c1. The fraction of sp³-hybridized carbons (Fsp3) is 0.385. The quantitative estimate of drug-likeness (QED) is 0.829. The first-order valence-electron chi connectivity index (χ1n) is 6.43. The molecule has 0 atom stereocenters. The van der Waals surface area contributed by atoms with Gasteiger partial charge in [-0.05, 0) is 0 Å². The standard InChI is InChI=1S/C13H17N5O3/c1-16(7-10-5-14-17(2)8-10)13(21)11-6-15-18(9-11)4-3-12(19)20/h5-6,8-9H,3-4,7H2,1-2H3,(H,19,20). The van der Waals surface area contributed by atoms with Crippen LogP contribution in [0.25, 0.3) is 0 Å². The summed E-state index contributed by atoms with van der Waals surface area (Å²) in [5.41, 5.74) is 1.37. The Morgan fingerprint density at radius 3 is 2.67 bits per heavy atom. The van der Waals surface area contributed by atoms with Crippen LogP contribution < -0.4 is 0 Å². The third-order valence-electron chi connectivity index (χ3n) is 2.96. The lowest BCUT2D eigenvalue weighted by Crippen LogP contribution is -2.25. The molecular formula is C13H17N5O3. The van der Waals surface area contributed by atoms with Crippen molar-refractivity contribution in [1.29, 1.82) is 0 Å². The fourth-order valence-electron chi connectivity index (χ4n) is 1.93. The van der Waals surface area contributed by atoms with Gasteiger partial charge in [0, 0.05) is 38.6 Å². The van der Waals surface area contributed by atoms with Gasteiger partial charge in [0.25, 0.3) is 5.91 Å². The molecule has 1 amide bonds. The zero-order valence-electron chi connectivity index (χ0n) is 11.9. The molecule has 2 aromatic rings. The van der Waals surface area contributed by atoms with Gasteiger partial charge in [0.05, 0.1) is 30.9 Å². The van der Waals surface area contributed by atoms with Gasteiger partial charge in [-0.15, -0.1) is 0 Å². The minimum absolute atomic E-state index is 0.0269. The number of nitrogens with zero attached hydrogens (tertiary/aromatic N) is 5. The molecule has 0 aliphatic carbocycles. The maximum atomic E-state index is 12.2. The van der Waals surface area contributed by atoms with E-state index in [1.807, 2.05) is 13.2 Å². The van der Waals surface area contributed by atoms with Crippen LogP contribution in [0.4, 0.5) is 0 Å². The highest BCUT2D eigenvalue weighted by molar-refractivity contribution is 5.93. The van der Waals surface area contributed by atoms with Crippen molar-refractivity contribution in [2.24, 2.45) is 7.05 Å². The zero-order chi connectivity index (χ0) is 15.4. The van der Waals surface area contributed by atoms with Crippen LogP contribution in [0.3, 0.4) is 0 Å². The van der Waals surface area contributed by atoms with Crippen LogP contribution in [0, 0.1) is 0 Å². The molecule has 0 aromatic carbocycles. The highest BCUT2D eigenvalue weighted by atomic mass is 16.4. The Morgan fingerprint density at radius 1 is 1.29 bits per heavy atom. The monoisotopic (exact) mass is 291 g/mol. The van der Waals surface area contributed by atoms with E-state index in [0.717, 1.165) is 5.56 Å². The van der Waals surface area contributed by atoms with Gasteiger partial charge in [-0.1, -0.05) is 0 Å². The molecule has 2 heterocycles. The number of hydrogen-bond donors (Lipinski definition) is 1. The maximum absolute atomic E-state index is 12.2. The van der Waals surface area contributed by atoms with Crippen LogP contribution in [0.15, 0.2) is 24.8 Å². The third kappa shape index (κ3) is 3.91. The summed E-state index contributed by atoms with van der Waals surface area (Å²) in [4.78, 5) is 24.3. The Balaban J connectivity index is 1.97. The summed E-state index contributed by atoms with van der Waals surface area (Å²) in [6.45, 7) is 0.696. The molecule has 2 aromatic heterocycles. The molecule has 0 saturated heterocycles. The average Bonchev–Trinajstić information content (AvgIpc) is 3.04. The first-order valence-corrected chi connectivity index (χ1v) is 6.43. The van der Waals surface area contributed by atoms with Gasteiger partial charge < -0.3 is 10.0 Å². The maximum Gasteiger partial charge on any atom is 0.305 e. The van der Waals surface area contributed by atoms with E-state index in [9.17, 15) is 9.59 Å². The summed E-state index contributed by atoms with van der Waals surface area (Å²) in [5.74, 6) is -1.06. The van der Waals surface area contributed by atoms with Gasteiger partial charge in [0.1, 0.15) is 0 Å². The Labute approximate surface area is 121 Å². The van der Waals surface area contributed by atoms with E-state index in [1.165, 1.54) is 10.9 Å². The fourth-order valence-corrected chi connectivity index (χ4v) is 1.93. The first-order chi connectivity index (χ1) is 9.95. The van der Waals surface area contributed by atoms with Gasteiger partial charge in [0.2, 0.25) is 0 Å². The number of carboxylic acids is 1. The number of carboxylic acid groups (broad SMARTS) is 1. The third-order valence-corrected chi connectivity index (χ3v) is 2.96. The molecule has 21 heavy (non-hydrogen) atoms. The van der Waals surface area contributed by atoms with Gasteiger partial charge in [-0.25, -0.2) is 0 Å². The Kier molecular flexibility index (Phi) is 4.36. The minimum atomic E-state index is -0.896. The Morgan fingerprint density at radius 2 is 2.05 bits per heavy atom. The molecule has 0 spiro atoms. The van der Waals surface area contributed by atoms with E-state index in [2.05, 4.69) is 10.2 Å². The topological polar surface area (TPSA) is 93.3 Å². The van der Waals surface area contributed by atoms with Crippen molar-refractivity contribution in [2.75, 3.05) is 7.05 Å². The van der Waals surface area contributed by atoms with E-state index in [-0.39, 0.29) is 18.9 Å². The van der Waals surface area contributed by atoms with Crippen LogP contribution in [0.2, 0.25) is 0 Å². The van der Waals surface area contributed by atoms with E-state index >= 15 is 0 Å². The molecule has 0 bridgehead atoms. The summed E-state index contributed by atoms with van der Waals surface area (Å²) >= 11 is 0. The number of rotatable bonds is 6. The highest BCUT2D eigenvalue weighted by Crippen LogP contribution is 2.07. The van der Waals surface area contributed by atoms with Crippen LogP contribution in [-0.2, 0) is 24.9 Å². The molecule has 0 fully saturated rings. The number of aromatic nitrogens is 4. The second-order valence-corrected chi connectivity index (χ2v) is 4.82. The van der Waals surface area contributed by atoms with Gasteiger partial charge in [0.15, 0.2) is 0 Å². The van der Waals surface area contributed by atoms with Crippen molar-refractivity contribution in [2.45, 2.75) is 19.5 Å². The van der Waals surface area contributed by atoms with Crippen molar-refractivity contribution in [1.82, 2.24) is 24.5 Å². The number of hydrogen-bond acceptors (Lipinski definition) is 4. The molecular weight excluding hydrogens is 274 g/mol. The van der Waals surface area contributed by atoms with Gasteiger partial charge >= 0.3 is 5.97 Å².